The molecule has 10 heteroatoms. The van der Waals surface area contributed by atoms with Crippen molar-refractivity contribution in [1.82, 2.24) is 10.0 Å². The van der Waals surface area contributed by atoms with E-state index in [1.54, 1.807) is 24.3 Å². The number of hydrogen-bond acceptors (Lipinski definition) is 9. The normalized spacial score (nSPS) is 13.9. The molecule has 0 spiro atoms. The number of nitrogens with zero attached hydrogens (tertiary/aromatic N) is 3. The molecule has 1 fully saturated rings. The van der Waals surface area contributed by atoms with Crippen LogP contribution in [-0.2, 0) is 20.9 Å². The van der Waals surface area contributed by atoms with E-state index in [2.05, 4.69) is 15.2 Å². The molecule has 0 unspecified atom stereocenters. The monoisotopic (exact) mass is 484 g/mol. The van der Waals surface area contributed by atoms with E-state index in [9.17, 15) is 9.59 Å². The number of ether oxygens (including phenoxy) is 2. The summed E-state index contributed by atoms with van der Waals surface area (Å²) in [5.41, 5.74) is 3.24. The van der Waals surface area contributed by atoms with Crippen molar-refractivity contribution >= 4 is 44.1 Å². The number of carbonyl (C=O) groups excluding carboxylic acids is 2. The van der Waals surface area contributed by atoms with E-state index in [4.69, 9.17) is 14.3 Å². The summed E-state index contributed by atoms with van der Waals surface area (Å²) in [5.74, 6) is 0.438. The number of amides is 1. The van der Waals surface area contributed by atoms with Gasteiger partial charge in [-0.1, -0.05) is 23.5 Å². The predicted molar refractivity (Wildman–Crippen MR) is 132 cm³/mol. The number of hydroxylamine groups is 2. The molecule has 34 heavy (non-hydrogen) atoms. The fraction of sp³-hybridized carbons (Fsp3) is 0.375. The van der Waals surface area contributed by atoms with Crippen LogP contribution >= 0.6 is 11.3 Å². The van der Waals surface area contributed by atoms with Crippen molar-refractivity contribution < 1.29 is 23.9 Å². The molecule has 1 aliphatic rings. The van der Waals surface area contributed by atoms with E-state index in [1.807, 2.05) is 24.3 Å². The first kappa shape index (κ1) is 24.1. The van der Waals surface area contributed by atoms with E-state index < -0.39 is 0 Å². The Hall–Kier alpha value is -3.05. The maximum absolute atomic E-state index is 12.9. The van der Waals surface area contributed by atoms with Gasteiger partial charge < -0.3 is 19.2 Å². The van der Waals surface area contributed by atoms with Gasteiger partial charge in [0.25, 0.3) is 5.91 Å². The van der Waals surface area contributed by atoms with E-state index in [1.165, 1.54) is 25.4 Å². The lowest BCUT2D eigenvalue weighted by molar-refractivity contribution is -0.152. The number of methoxy groups -OCH3 is 1. The largest absolute Gasteiger partial charge is 0.494 e. The summed E-state index contributed by atoms with van der Waals surface area (Å²) in [6, 6.07) is 11.1. The van der Waals surface area contributed by atoms with Gasteiger partial charge in [0.1, 0.15) is 17.0 Å². The molecule has 1 N–H and O–H groups in total. The van der Waals surface area contributed by atoms with Crippen molar-refractivity contribution in [3.05, 3.63) is 47.5 Å². The Balaban J connectivity index is 1.50. The van der Waals surface area contributed by atoms with Gasteiger partial charge in [0.15, 0.2) is 5.13 Å². The van der Waals surface area contributed by atoms with Crippen LogP contribution in [0.5, 0.6) is 5.75 Å². The smallest absolute Gasteiger partial charge is 0.257 e. The van der Waals surface area contributed by atoms with Crippen molar-refractivity contribution in [1.29, 1.82) is 0 Å². The number of Topliss-reactive ketones (excluding diaryl/α,β-unsaturated/α-hetero) is 1. The summed E-state index contributed by atoms with van der Waals surface area (Å²) in [5, 5.41) is 4.99. The molecule has 180 valence electrons. The minimum atomic E-state index is -0.246. The van der Waals surface area contributed by atoms with Crippen LogP contribution in [0.15, 0.2) is 36.4 Å². The van der Waals surface area contributed by atoms with Crippen LogP contribution in [0.25, 0.3) is 10.2 Å². The number of hydrogen-bond donors (Lipinski definition) is 1. The first-order valence-electron chi connectivity index (χ1n) is 11.0. The average molecular weight is 485 g/mol. The Kier molecular flexibility index (Phi) is 7.73. The topological polar surface area (TPSA) is 93.2 Å². The lowest BCUT2D eigenvalue weighted by atomic mass is 10.1. The number of aromatic nitrogens is 1. The predicted octanol–water partition coefficient (Wildman–Crippen LogP) is 3.35. The quantitative estimate of drug-likeness (QED) is 0.462. The van der Waals surface area contributed by atoms with Gasteiger partial charge in [0, 0.05) is 25.2 Å². The van der Waals surface area contributed by atoms with Gasteiger partial charge in [-0.15, -0.1) is 0 Å². The number of morpholine rings is 1. The minimum Gasteiger partial charge on any atom is -0.494 e. The third-order valence-electron chi connectivity index (χ3n) is 5.51. The first-order chi connectivity index (χ1) is 16.5. The molecule has 0 atom stereocenters. The second kappa shape index (κ2) is 10.9. The second-order valence-electron chi connectivity index (χ2n) is 7.92. The highest BCUT2D eigenvalue weighted by atomic mass is 32.1. The molecule has 0 radical (unpaired) electrons. The number of thiazole rings is 1. The molecule has 4 rings (SSSR count). The highest BCUT2D eigenvalue weighted by molar-refractivity contribution is 7.23. The number of nitrogens with one attached hydrogen (secondary N) is 1. The zero-order chi connectivity index (χ0) is 24.1. The first-order valence-corrected chi connectivity index (χ1v) is 11.8. The minimum absolute atomic E-state index is 0.0158. The van der Waals surface area contributed by atoms with E-state index >= 15 is 0 Å². The highest BCUT2D eigenvalue weighted by Gasteiger charge is 2.20. The van der Waals surface area contributed by atoms with Crippen LogP contribution in [0.3, 0.4) is 0 Å². The van der Waals surface area contributed by atoms with Crippen molar-refractivity contribution in [2.24, 2.45) is 0 Å². The Labute approximate surface area is 202 Å². The molecule has 1 aromatic heterocycles. The number of ketones is 1. The summed E-state index contributed by atoms with van der Waals surface area (Å²) in [6.07, 6.45) is 0. The third-order valence-corrected chi connectivity index (χ3v) is 6.50. The van der Waals surface area contributed by atoms with E-state index in [0.717, 1.165) is 34.6 Å². The molecular weight excluding hydrogens is 456 g/mol. The number of rotatable bonds is 9. The zero-order valence-electron chi connectivity index (χ0n) is 19.5. The summed E-state index contributed by atoms with van der Waals surface area (Å²) in [7, 11) is 3.14. The van der Waals surface area contributed by atoms with Crippen LogP contribution < -0.4 is 15.0 Å². The van der Waals surface area contributed by atoms with Gasteiger partial charge in [-0.2, -0.15) is 5.06 Å². The second-order valence-corrected chi connectivity index (χ2v) is 8.92. The van der Waals surface area contributed by atoms with Crippen LogP contribution in [0.4, 0.5) is 10.8 Å². The molecule has 1 saturated heterocycles. The van der Waals surface area contributed by atoms with Gasteiger partial charge in [-0.25, -0.2) is 4.98 Å². The summed E-state index contributed by atoms with van der Waals surface area (Å²) < 4.78 is 12.0. The maximum atomic E-state index is 12.9. The molecule has 0 saturated carbocycles. The summed E-state index contributed by atoms with van der Waals surface area (Å²) in [4.78, 5) is 36.4. The number of anilines is 2. The van der Waals surface area contributed by atoms with E-state index in [0.29, 0.717) is 36.2 Å². The molecule has 2 heterocycles. The number of carbonyl (C=O) groups is 2. The third kappa shape index (κ3) is 5.53. The lowest BCUT2D eigenvalue weighted by Gasteiger charge is -2.29. The molecule has 0 aliphatic carbocycles. The molecule has 3 aromatic rings. The van der Waals surface area contributed by atoms with Crippen molar-refractivity contribution in [3.63, 3.8) is 0 Å². The molecule has 0 bridgehead atoms. The Morgan fingerprint density at radius 2 is 1.88 bits per heavy atom. The molecule has 1 aliphatic heterocycles. The SMILES string of the molecule is COc1ccc(N2CCOCC2)c2sc(NC(=O)c3ccc(CN(CC(C)=O)OC)cc3)nc12. The van der Waals surface area contributed by atoms with Crippen LogP contribution in [0, 0.1) is 0 Å². The van der Waals surface area contributed by atoms with Crippen molar-refractivity contribution in [2.75, 3.05) is 57.3 Å². The summed E-state index contributed by atoms with van der Waals surface area (Å²) >= 11 is 1.43. The molecule has 2 aromatic carbocycles. The standard InChI is InChI=1S/C24H28N4O5S/c1-16(29)14-28(32-3)15-17-4-6-18(7-5-17)23(30)26-24-25-21-20(31-2)9-8-19(22(21)34-24)27-10-12-33-13-11-27/h4-9H,10-15H2,1-3H3,(H,25,26,30). The lowest BCUT2D eigenvalue weighted by Crippen LogP contribution is -2.36. The highest BCUT2D eigenvalue weighted by Crippen LogP contribution is 2.39. The van der Waals surface area contributed by atoms with Gasteiger partial charge in [-0.3, -0.25) is 14.9 Å². The van der Waals surface area contributed by atoms with Crippen LogP contribution in [0.1, 0.15) is 22.8 Å². The van der Waals surface area contributed by atoms with Crippen molar-refractivity contribution in [2.45, 2.75) is 13.5 Å². The Morgan fingerprint density at radius 1 is 1.15 bits per heavy atom. The zero-order valence-corrected chi connectivity index (χ0v) is 20.3. The molecular formula is C24H28N4O5S. The molecule has 1 amide bonds. The van der Waals surface area contributed by atoms with Gasteiger partial charge >= 0.3 is 0 Å². The fourth-order valence-corrected chi connectivity index (χ4v) is 4.83. The van der Waals surface area contributed by atoms with Gasteiger partial charge in [0.05, 0.1) is 44.4 Å². The van der Waals surface area contributed by atoms with Crippen LogP contribution in [-0.4, -0.2) is 68.8 Å². The van der Waals surface area contributed by atoms with Crippen molar-refractivity contribution in [3.8, 4) is 5.75 Å². The summed E-state index contributed by atoms with van der Waals surface area (Å²) in [6.45, 7) is 5.14. The average Bonchev–Trinajstić information content (AvgIpc) is 3.27. The number of benzene rings is 2. The van der Waals surface area contributed by atoms with E-state index in [-0.39, 0.29) is 18.2 Å². The molecule has 9 nitrogen and oxygen atoms in total. The number of fused-ring (bicyclic) bond motifs is 1. The van der Waals surface area contributed by atoms with Gasteiger partial charge in [-0.05, 0) is 36.8 Å². The Morgan fingerprint density at radius 3 is 2.53 bits per heavy atom. The fourth-order valence-electron chi connectivity index (χ4n) is 3.81. The van der Waals surface area contributed by atoms with Gasteiger partial charge in [0.2, 0.25) is 0 Å². The Bertz CT molecular complexity index is 1160. The maximum Gasteiger partial charge on any atom is 0.257 e. The van der Waals surface area contributed by atoms with Crippen LogP contribution in [0.2, 0.25) is 0 Å².